The Kier molecular flexibility index (Phi) is 7.82. The first kappa shape index (κ1) is 29.7. The van der Waals surface area contributed by atoms with Crippen LogP contribution in [-0.4, -0.2) is 35.6 Å². The summed E-state index contributed by atoms with van der Waals surface area (Å²) in [7, 11) is 0. The monoisotopic (exact) mass is 597 g/mol. The quantitative estimate of drug-likeness (QED) is 0.195. The van der Waals surface area contributed by atoms with E-state index in [1.807, 2.05) is 35.9 Å². The molecule has 2 aromatic carbocycles. The lowest BCUT2D eigenvalue weighted by Crippen LogP contribution is -2.21. The van der Waals surface area contributed by atoms with E-state index in [1.165, 1.54) is 16.8 Å². The van der Waals surface area contributed by atoms with Crippen molar-refractivity contribution in [1.82, 2.24) is 24.5 Å². The molecule has 228 valence electrons. The summed E-state index contributed by atoms with van der Waals surface area (Å²) in [5.41, 5.74) is 7.03. The standard InChI is InChI=1S/C35H37F2N5O2/c1-21(2)32-23(4)42(31-18-17-29(38-22(31)3)24-13-15-25(16-14-24)34(43)44)40-33(32)27-11-8-12-30-28(27)19-41(39-30)20-35(36,37)26-9-6-5-7-10-26/h5-12,17-19,21,24-25H,13-16,20H2,1-4H3,(H,43,44). The summed E-state index contributed by atoms with van der Waals surface area (Å²) >= 11 is 0. The van der Waals surface area contributed by atoms with E-state index in [1.54, 1.807) is 24.4 Å². The minimum atomic E-state index is -3.07. The first-order chi connectivity index (χ1) is 21.0. The van der Waals surface area contributed by atoms with Crippen LogP contribution in [0.25, 0.3) is 27.8 Å². The number of carboxylic acid groups (broad SMARTS) is 1. The molecular formula is C35H37F2N5O2. The number of pyridine rings is 1. The van der Waals surface area contributed by atoms with Gasteiger partial charge in [0.2, 0.25) is 0 Å². The van der Waals surface area contributed by atoms with Crippen LogP contribution in [0.15, 0.2) is 66.9 Å². The maximum Gasteiger partial charge on any atom is 0.306 e. The van der Waals surface area contributed by atoms with Crippen molar-refractivity contribution in [2.45, 2.75) is 77.7 Å². The maximum atomic E-state index is 15.1. The highest BCUT2D eigenvalue weighted by Gasteiger charge is 2.33. The van der Waals surface area contributed by atoms with E-state index in [2.05, 4.69) is 31.9 Å². The fraction of sp³-hybridized carbons (Fsp3) is 0.371. The molecule has 0 radical (unpaired) electrons. The number of aryl methyl sites for hydroxylation is 1. The minimum Gasteiger partial charge on any atom is -0.481 e. The number of hydrogen-bond acceptors (Lipinski definition) is 4. The van der Waals surface area contributed by atoms with Gasteiger partial charge in [-0.15, -0.1) is 0 Å². The largest absolute Gasteiger partial charge is 0.481 e. The van der Waals surface area contributed by atoms with E-state index in [-0.39, 0.29) is 23.3 Å². The van der Waals surface area contributed by atoms with Gasteiger partial charge in [0, 0.05) is 45.6 Å². The molecule has 5 aromatic rings. The summed E-state index contributed by atoms with van der Waals surface area (Å²) < 4.78 is 33.5. The molecule has 1 N–H and O–H groups in total. The van der Waals surface area contributed by atoms with Gasteiger partial charge in [-0.05, 0) is 63.6 Å². The van der Waals surface area contributed by atoms with E-state index in [0.29, 0.717) is 18.4 Å². The Morgan fingerprint density at radius 2 is 1.70 bits per heavy atom. The third-order valence-corrected chi connectivity index (χ3v) is 8.95. The number of rotatable bonds is 8. The van der Waals surface area contributed by atoms with Crippen molar-refractivity contribution >= 4 is 16.9 Å². The number of nitrogens with zero attached hydrogens (tertiary/aromatic N) is 5. The Labute approximate surface area is 255 Å². The summed E-state index contributed by atoms with van der Waals surface area (Å²) in [6, 6.07) is 17.6. The molecule has 6 rings (SSSR count). The van der Waals surface area contributed by atoms with Crippen LogP contribution < -0.4 is 0 Å². The molecular weight excluding hydrogens is 560 g/mol. The summed E-state index contributed by atoms with van der Waals surface area (Å²) in [6.07, 6.45) is 4.68. The molecule has 0 bridgehead atoms. The normalized spacial score (nSPS) is 17.4. The molecule has 0 aliphatic heterocycles. The molecule has 1 saturated carbocycles. The number of aliphatic carboxylic acids is 1. The van der Waals surface area contributed by atoms with Crippen LogP contribution >= 0.6 is 0 Å². The Balaban J connectivity index is 1.35. The molecule has 0 atom stereocenters. The summed E-state index contributed by atoms with van der Waals surface area (Å²) in [4.78, 5) is 16.3. The molecule has 0 amide bonds. The molecule has 44 heavy (non-hydrogen) atoms. The summed E-state index contributed by atoms with van der Waals surface area (Å²) in [6.45, 7) is 7.73. The van der Waals surface area contributed by atoms with Crippen LogP contribution in [0, 0.1) is 19.8 Å². The zero-order valence-electron chi connectivity index (χ0n) is 25.5. The lowest BCUT2D eigenvalue weighted by atomic mass is 9.80. The average Bonchev–Trinajstić information content (AvgIpc) is 3.57. The molecule has 7 nitrogen and oxygen atoms in total. The highest BCUT2D eigenvalue weighted by molar-refractivity contribution is 5.94. The van der Waals surface area contributed by atoms with Crippen LogP contribution in [0.3, 0.4) is 0 Å². The molecule has 3 heterocycles. The number of alkyl halides is 2. The first-order valence-corrected chi connectivity index (χ1v) is 15.2. The van der Waals surface area contributed by atoms with Crippen molar-refractivity contribution in [2.75, 3.05) is 0 Å². The number of benzene rings is 2. The van der Waals surface area contributed by atoms with E-state index < -0.39 is 18.4 Å². The third-order valence-electron chi connectivity index (χ3n) is 8.95. The van der Waals surface area contributed by atoms with Gasteiger partial charge in [0.25, 0.3) is 5.92 Å². The van der Waals surface area contributed by atoms with Gasteiger partial charge in [0.1, 0.15) is 6.54 Å². The van der Waals surface area contributed by atoms with Crippen LogP contribution in [0.2, 0.25) is 0 Å². The molecule has 1 aliphatic carbocycles. The number of fused-ring (bicyclic) bond motifs is 1. The predicted molar refractivity (Wildman–Crippen MR) is 166 cm³/mol. The zero-order chi connectivity index (χ0) is 31.2. The van der Waals surface area contributed by atoms with Crippen molar-refractivity contribution < 1.29 is 18.7 Å². The number of aromatic nitrogens is 5. The molecule has 1 fully saturated rings. The van der Waals surface area contributed by atoms with Crippen LogP contribution in [-0.2, 0) is 17.3 Å². The van der Waals surface area contributed by atoms with Gasteiger partial charge in [-0.3, -0.25) is 14.5 Å². The van der Waals surface area contributed by atoms with Gasteiger partial charge in [0.05, 0.1) is 28.5 Å². The van der Waals surface area contributed by atoms with Crippen LogP contribution in [0.5, 0.6) is 0 Å². The molecule has 0 saturated heterocycles. The van der Waals surface area contributed by atoms with Crippen molar-refractivity contribution in [3.05, 3.63) is 95.1 Å². The van der Waals surface area contributed by atoms with Crippen LogP contribution in [0.1, 0.15) is 79.6 Å². The van der Waals surface area contributed by atoms with Gasteiger partial charge >= 0.3 is 5.97 Å². The predicted octanol–water partition coefficient (Wildman–Crippen LogP) is 8.17. The van der Waals surface area contributed by atoms with Gasteiger partial charge in [-0.2, -0.15) is 19.0 Å². The van der Waals surface area contributed by atoms with Gasteiger partial charge in [-0.1, -0.05) is 56.3 Å². The maximum absolute atomic E-state index is 15.1. The average molecular weight is 598 g/mol. The number of carbonyl (C=O) groups is 1. The first-order valence-electron chi connectivity index (χ1n) is 15.2. The zero-order valence-corrected chi connectivity index (χ0v) is 25.5. The number of halogens is 2. The smallest absolute Gasteiger partial charge is 0.306 e. The second-order valence-electron chi connectivity index (χ2n) is 12.3. The summed E-state index contributed by atoms with van der Waals surface area (Å²) in [5.74, 6) is -3.63. The van der Waals surface area contributed by atoms with Crippen LogP contribution in [0.4, 0.5) is 8.78 Å². The minimum absolute atomic E-state index is 0.0424. The van der Waals surface area contributed by atoms with E-state index in [0.717, 1.165) is 57.8 Å². The van der Waals surface area contributed by atoms with Gasteiger partial charge in [0.15, 0.2) is 0 Å². The van der Waals surface area contributed by atoms with E-state index in [4.69, 9.17) is 10.1 Å². The molecule has 1 aliphatic rings. The Morgan fingerprint density at radius 3 is 2.36 bits per heavy atom. The highest BCUT2D eigenvalue weighted by atomic mass is 19.3. The molecule has 9 heteroatoms. The van der Waals surface area contributed by atoms with Crippen molar-refractivity contribution in [2.24, 2.45) is 5.92 Å². The third kappa shape index (κ3) is 5.51. The topological polar surface area (TPSA) is 85.8 Å². The summed E-state index contributed by atoms with van der Waals surface area (Å²) in [5, 5.41) is 19.8. The lowest BCUT2D eigenvalue weighted by molar-refractivity contribution is -0.142. The van der Waals surface area contributed by atoms with E-state index >= 15 is 8.78 Å². The van der Waals surface area contributed by atoms with E-state index in [9.17, 15) is 9.90 Å². The second kappa shape index (κ2) is 11.6. The fourth-order valence-corrected chi connectivity index (χ4v) is 6.66. The fourth-order valence-electron chi connectivity index (χ4n) is 6.66. The van der Waals surface area contributed by atoms with Crippen molar-refractivity contribution in [3.8, 4) is 16.9 Å². The Morgan fingerprint density at radius 1 is 0.977 bits per heavy atom. The second-order valence-corrected chi connectivity index (χ2v) is 12.3. The Hall–Kier alpha value is -4.40. The molecule has 3 aromatic heterocycles. The molecule has 0 unspecified atom stereocenters. The number of carboxylic acids is 1. The highest BCUT2D eigenvalue weighted by Crippen LogP contribution is 2.39. The molecule has 0 spiro atoms. The lowest BCUT2D eigenvalue weighted by Gasteiger charge is -2.26. The number of hydrogen-bond donors (Lipinski definition) is 1. The van der Waals surface area contributed by atoms with Crippen molar-refractivity contribution in [1.29, 1.82) is 0 Å². The van der Waals surface area contributed by atoms with Crippen molar-refractivity contribution in [3.63, 3.8) is 0 Å². The van der Waals surface area contributed by atoms with Gasteiger partial charge in [-0.25, -0.2) is 4.68 Å². The SMILES string of the molecule is Cc1nc(C2CCC(C(=O)O)CC2)ccc1-n1nc(-c2cccc3nn(CC(F)(F)c4ccccc4)cc23)c(C(C)C)c1C. The van der Waals surface area contributed by atoms with Gasteiger partial charge < -0.3 is 5.11 Å². The Bertz CT molecular complexity index is 1820.